The molecule has 7 heteroatoms. The van der Waals surface area contributed by atoms with E-state index in [0.29, 0.717) is 16.1 Å². The second-order valence-corrected chi connectivity index (χ2v) is 7.11. The molecule has 4 aromatic rings. The van der Waals surface area contributed by atoms with Gasteiger partial charge in [0.1, 0.15) is 5.58 Å². The van der Waals surface area contributed by atoms with Crippen LogP contribution in [0.4, 0.5) is 5.69 Å². The lowest BCUT2D eigenvalue weighted by Crippen LogP contribution is -2.14. The summed E-state index contributed by atoms with van der Waals surface area (Å²) in [7, 11) is 0. The van der Waals surface area contributed by atoms with Crippen LogP contribution in [0.25, 0.3) is 11.0 Å². The standard InChI is InChI=1S/C22H15NO5S/c24-17(19-12-14-5-1-2-8-18(14)28-19)13-27-22(26)15-6-3-7-16(11-15)23-21(25)20-9-4-10-29-20/h1-12H,13H2,(H,23,25). The minimum absolute atomic E-state index is 0.135. The van der Waals surface area contributed by atoms with Gasteiger partial charge in [-0.25, -0.2) is 4.79 Å². The highest BCUT2D eigenvalue weighted by atomic mass is 32.1. The summed E-state index contributed by atoms with van der Waals surface area (Å²) < 4.78 is 10.6. The Kier molecular flexibility index (Phi) is 5.22. The maximum Gasteiger partial charge on any atom is 0.338 e. The molecule has 0 spiro atoms. The van der Waals surface area contributed by atoms with Crippen LogP contribution in [0.5, 0.6) is 0 Å². The highest BCUT2D eigenvalue weighted by Crippen LogP contribution is 2.20. The maximum atomic E-state index is 12.3. The van der Waals surface area contributed by atoms with Crippen molar-refractivity contribution < 1.29 is 23.5 Å². The number of furan rings is 1. The second-order valence-electron chi connectivity index (χ2n) is 6.16. The molecule has 4 rings (SSSR count). The van der Waals surface area contributed by atoms with Crippen molar-refractivity contribution in [3.63, 3.8) is 0 Å². The van der Waals surface area contributed by atoms with Gasteiger partial charge >= 0.3 is 5.97 Å². The molecule has 29 heavy (non-hydrogen) atoms. The predicted molar refractivity (Wildman–Crippen MR) is 110 cm³/mol. The Bertz CT molecular complexity index is 1160. The number of para-hydroxylation sites is 1. The average molecular weight is 405 g/mol. The smallest absolute Gasteiger partial charge is 0.338 e. The molecule has 2 heterocycles. The average Bonchev–Trinajstić information content (AvgIpc) is 3.41. The summed E-state index contributed by atoms with van der Waals surface area (Å²) >= 11 is 1.32. The number of thiophene rings is 1. The lowest BCUT2D eigenvalue weighted by molar-refractivity contribution is 0.0468. The van der Waals surface area contributed by atoms with Crippen LogP contribution in [0.2, 0.25) is 0 Å². The van der Waals surface area contributed by atoms with Crippen molar-refractivity contribution in [1.82, 2.24) is 0 Å². The van der Waals surface area contributed by atoms with Crippen LogP contribution >= 0.6 is 11.3 Å². The number of ether oxygens (including phenoxy) is 1. The number of fused-ring (bicyclic) bond motifs is 1. The third kappa shape index (κ3) is 4.25. The van der Waals surface area contributed by atoms with Crippen molar-refractivity contribution in [2.24, 2.45) is 0 Å². The van der Waals surface area contributed by atoms with Crippen molar-refractivity contribution in [2.45, 2.75) is 0 Å². The van der Waals surface area contributed by atoms with E-state index in [-0.39, 0.29) is 17.2 Å². The molecule has 0 aliphatic rings. The summed E-state index contributed by atoms with van der Waals surface area (Å²) in [4.78, 5) is 37.3. The Labute approximate surface area is 169 Å². The van der Waals surface area contributed by atoms with E-state index in [1.54, 1.807) is 42.5 Å². The predicted octanol–water partition coefficient (Wildman–Crippen LogP) is 4.79. The van der Waals surface area contributed by atoms with E-state index in [4.69, 9.17) is 9.15 Å². The molecule has 0 aliphatic carbocycles. The Morgan fingerprint density at radius 3 is 2.62 bits per heavy atom. The highest BCUT2D eigenvalue weighted by Gasteiger charge is 2.16. The first-order valence-corrected chi connectivity index (χ1v) is 9.62. The van der Waals surface area contributed by atoms with Gasteiger partial charge in [0.25, 0.3) is 5.91 Å². The molecule has 1 amide bonds. The lowest BCUT2D eigenvalue weighted by Gasteiger charge is -2.07. The summed E-state index contributed by atoms with van der Waals surface area (Å²) in [5.74, 6) is -1.22. The molecule has 0 bridgehead atoms. The van der Waals surface area contributed by atoms with Crippen LogP contribution in [-0.2, 0) is 4.74 Å². The Hall–Kier alpha value is -3.71. The van der Waals surface area contributed by atoms with Crippen LogP contribution in [0, 0.1) is 0 Å². The quantitative estimate of drug-likeness (QED) is 0.368. The number of benzene rings is 2. The fourth-order valence-electron chi connectivity index (χ4n) is 2.73. The number of carbonyl (C=O) groups excluding carboxylic acids is 3. The molecular weight excluding hydrogens is 390 g/mol. The normalized spacial score (nSPS) is 10.6. The van der Waals surface area contributed by atoms with Crippen molar-refractivity contribution in [3.05, 3.63) is 88.3 Å². The molecule has 0 atom stereocenters. The summed E-state index contributed by atoms with van der Waals surface area (Å²) in [6, 6.07) is 18.7. The van der Waals surface area contributed by atoms with Gasteiger partial charge in [-0.05, 0) is 41.8 Å². The number of nitrogens with one attached hydrogen (secondary N) is 1. The SMILES string of the molecule is O=C(OCC(=O)c1cc2ccccc2o1)c1cccc(NC(=O)c2cccs2)c1. The number of hydrogen-bond acceptors (Lipinski definition) is 6. The van der Waals surface area contributed by atoms with Crippen molar-refractivity contribution in [2.75, 3.05) is 11.9 Å². The first-order chi connectivity index (χ1) is 14.1. The molecule has 6 nitrogen and oxygen atoms in total. The highest BCUT2D eigenvalue weighted by molar-refractivity contribution is 7.12. The van der Waals surface area contributed by atoms with Gasteiger partial charge in [0.15, 0.2) is 12.4 Å². The fraction of sp³-hybridized carbons (Fsp3) is 0.0455. The first-order valence-electron chi connectivity index (χ1n) is 8.74. The second kappa shape index (κ2) is 8.12. The molecule has 0 saturated heterocycles. The van der Waals surface area contributed by atoms with Crippen molar-refractivity contribution in [3.8, 4) is 0 Å². The maximum absolute atomic E-state index is 12.3. The summed E-state index contributed by atoms with van der Waals surface area (Å²) in [5.41, 5.74) is 1.28. The topological polar surface area (TPSA) is 85.6 Å². The molecule has 2 aromatic carbocycles. The molecule has 0 radical (unpaired) electrons. The van der Waals surface area contributed by atoms with E-state index in [9.17, 15) is 14.4 Å². The zero-order chi connectivity index (χ0) is 20.2. The van der Waals surface area contributed by atoms with Gasteiger partial charge in [-0.3, -0.25) is 9.59 Å². The summed E-state index contributed by atoms with van der Waals surface area (Å²) in [6.07, 6.45) is 0. The number of anilines is 1. The van der Waals surface area contributed by atoms with Gasteiger partial charge in [-0.2, -0.15) is 0 Å². The van der Waals surface area contributed by atoms with Crippen LogP contribution < -0.4 is 5.32 Å². The van der Waals surface area contributed by atoms with E-state index in [0.717, 1.165) is 5.39 Å². The van der Waals surface area contributed by atoms with Gasteiger partial charge < -0.3 is 14.5 Å². The molecule has 2 aromatic heterocycles. The van der Waals surface area contributed by atoms with Gasteiger partial charge in [-0.15, -0.1) is 11.3 Å². The van der Waals surface area contributed by atoms with E-state index >= 15 is 0 Å². The number of amides is 1. The monoisotopic (exact) mass is 405 g/mol. The molecular formula is C22H15NO5S. The van der Waals surface area contributed by atoms with Crippen LogP contribution in [0.1, 0.15) is 30.6 Å². The van der Waals surface area contributed by atoms with Crippen molar-refractivity contribution in [1.29, 1.82) is 0 Å². The van der Waals surface area contributed by atoms with E-state index < -0.39 is 18.4 Å². The Morgan fingerprint density at radius 2 is 1.83 bits per heavy atom. The molecule has 0 aliphatic heterocycles. The summed E-state index contributed by atoms with van der Waals surface area (Å²) in [6.45, 7) is -0.440. The van der Waals surface area contributed by atoms with Crippen molar-refractivity contribution >= 4 is 45.7 Å². The van der Waals surface area contributed by atoms with E-state index in [2.05, 4.69) is 5.32 Å². The largest absolute Gasteiger partial charge is 0.454 e. The Balaban J connectivity index is 1.39. The third-order valence-corrected chi connectivity index (χ3v) is 5.00. The van der Waals surface area contributed by atoms with E-state index in [1.165, 1.54) is 17.4 Å². The third-order valence-electron chi connectivity index (χ3n) is 4.14. The fourth-order valence-corrected chi connectivity index (χ4v) is 3.35. The van der Waals surface area contributed by atoms with Gasteiger partial charge in [-0.1, -0.05) is 30.3 Å². The minimum Gasteiger partial charge on any atom is -0.454 e. The van der Waals surface area contributed by atoms with Crippen LogP contribution in [-0.4, -0.2) is 24.3 Å². The summed E-state index contributed by atoms with van der Waals surface area (Å²) in [5, 5.41) is 5.34. The van der Waals surface area contributed by atoms with Crippen LogP contribution in [0.3, 0.4) is 0 Å². The molecule has 144 valence electrons. The number of hydrogen-bond donors (Lipinski definition) is 1. The van der Waals surface area contributed by atoms with Gasteiger partial charge in [0.05, 0.1) is 10.4 Å². The zero-order valence-electron chi connectivity index (χ0n) is 15.1. The number of Topliss-reactive ketones (excluding diaryl/α,β-unsaturated/α-hetero) is 1. The first kappa shape index (κ1) is 18.6. The van der Waals surface area contributed by atoms with E-state index in [1.807, 2.05) is 23.6 Å². The number of rotatable bonds is 6. The number of ketones is 1. The number of esters is 1. The number of carbonyl (C=O) groups is 3. The lowest BCUT2D eigenvalue weighted by atomic mass is 10.2. The molecule has 0 unspecified atom stereocenters. The molecule has 0 fully saturated rings. The minimum atomic E-state index is -0.665. The Morgan fingerprint density at radius 1 is 0.966 bits per heavy atom. The zero-order valence-corrected chi connectivity index (χ0v) is 15.9. The molecule has 0 saturated carbocycles. The van der Waals surface area contributed by atoms with Gasteiger partial charge in [0.2, 0.25) is 5.78 Å². The van der Waals surface area contributed by atoms with Gasteiger partial charge in [0, 0.05) is 11.1 Å². The molecule has 1 N–H and O–H groups in total. The van der Waals surface area contributed by atoms with Crippen LogP contribution in [0.15, 0.2) is 76.5 Å².